The summed E-state index contributed by atoms with van der Waals surface area (Å²) in [5.74, 6) is -1.43. The third-order valence-electron chi connectivity index (χ3n) is 6.00. The second-order valence-electron chi connectivity index (χ2n) is 8.13. The van der Waals surface area contributed by atoms with Crippen LogP contribution in [0.1, 0.15) is 22.7 Å². The molecule has 0 saturated carbocycles. The number of aryl methyl sites for hydroxylation is 2. The predicted molar refractivity (Wildman–Crippen MR) is 125 cm³/mol. The van der Waals surface area contributed by atoms with E-state index in [1.165, 1.54) is 4.90 Å². The van der Waals surface area contributed by atoms with Crippen LogP contribution >= 0.6 is 23.2 Å². The molecular weight excluding hydrogens is 447 g/mol. The van der Waals surface area contributed by atoms with Gasteiger partial charge in [0.05, 0.1) is 17.4 Å². The molecule has 0 bridgehead atoms. The van der Waals surface area contributed by atoms with Gasteiger partial charge in [0.15, 0.2) is 6.10 Å². The SMILES string of the molecule is Cc1ccc(N2C(=O)[C@H]3[C@H](ON(c4ccccc4)[C@H]3c3ccc(Cl)cc3Cl)C2=O)c(C)c1. The van der Waals surface area contributed by atoms with E-state index in [0.29, 0.717) is 21.3 Å². The topological polar surface area (TPSA) is 49.9 Å². The van der Waals surface area contributed by atoms with Gasteiger partial charge in [-0.2, -0.15) is 0 Å². The number of anilines is 2. The van der Waals surface area contributed by atoms with E-state index in [1.807, 2.05) is 56.3 Å². The number of fused-ring (bicyclic) bond motifs is 1. The Kier molecular flexibility index (Phi) is 5.20. The van der Waals surface area contributed by atoms with Crippen LogP contribution in [-0.2, 0) is 14.4 Å². The average molecular weight is 467 g/mol. The van der Waals surface area contributed by atoms with E-state index in [0.717, 1.165) is 16.8 Å². The molecule has 3 atom stereocenters. The first-order valence-corrected chi connectivity index (χ1v) is 11.0. The predicted octanol–water partition coefficient (Wildman–Crippen LogP) is 5.66. The number of halogens is 2. The summed E-state index contributed by atoms with van der Waals surface area (Å²) in [6.07, 6.45) is -0.944. The molecule has 162 valence electrons. The van der Waals surface area contributed by atoms with Crippen LogP contribution in [0.25, 0.3) is 0 Å². The molecule has 2 amide bonds. The summed E-state index contributed by atoms with van der Waals surface area (Å²) in [4.78, 5) is 34.5. The van der Waals surface area contributed by atoms with Gasteiger partial charge in [0.1, 0.15) is 5.92 Å². The van der Waals surface area contributed by atoms with Crippen molar-refractivity contribution in [1.82, 2.24) is 0 Å². The molecule has 5 rings (SSSR count). The van der Waals surface area contributed by atoms with Crippen molar-refractivity contribution < 1.29 is 14.4 Å². The number of rotatable bonds is 3. The zero-order chi connectivity index (χ0) is 22.6. The van der Waals surface area contributed by atoms with Gasteiger partial charge < -0.3 is 0 Å². The van der Waals surface area contributed by atoms with Crippen molar-refractivity contribution in [3.05, 3.63) is 93.5 Å². The summed E-state index contributed by atoms with van der Waals surface area (Å²) in [5, 5.41) is 2.53. The Morgan fingerprint density at radius 1 is 0.875 bits per heavy atom. The molecule has 3 aromatic rings. The van der Waals surface area contributed by atoms with Crippen molar-refractivity contribution in [2.45, 2.75) is 26.0 Å². The molecule has 0 aliphatic carbocycles. The minimum atomic E-state index is -0.944. The van der Waals surface area contributed by atoms with Crippen LogP contribution in [-0.4, -0.2) is 17.9 Å². The normalized spacial score (nSPS) is 22.6. The summed E-state index contributed by atoms with van der Waals surface area (Å²) in [7, 11) is 0. The fraction of sp³-hybridized carbons (Fsp3) is 0.200. The zero-order valence-corrected chi connectivity index (χ0v) is 19.0. The molecule has 32 heavy (non-hydrogen) atoms. The summed E-state index contributed by atoms with van der Waals surface area (Å²) >= 11 is 12.7. The quantitative estimate of drug-likeness (QED) is 0.467. The fourth-order valence-corrected chi connectivity index (χ4v) is 5.08. The minimum absolute atomic E-state index is 0.304. The van der Waals surface area contributed by atoms with E-state index in [1.54, 1.807) is 29.3 Å². The highest BCUT2D eigenvalue weighted by Crippen LogP contribution is 2.49. The van der Waals surface area contributed by atoms with Crippen molar-refractivity contribution in [1.29, 1.82) is 0 Å². The Hall–Kier alpha value is -2.86. The molecule has 0 unspecified atom stereocenters. The Morgan fingerprint density at radius 3 is 2.31 bits per heavy atom. The number of benzene rings is 3. The maximum atomic E-state index is 13.7. The van der Waals surface area contributed by atoms with E-state index in [2.05, 4.69) is 0 Å². The molecule has 7 heteroatoms. The van der Waals surface area contributed by atoms with Gasteiger partial charge in [0.2, 0.25) is 5.91 Å². The highest BCUT2D eigenvalue weighted by Gasteiger charge is 2.60. The van der Waals surface area contributed by atoms with Crippen molar-refractivity contribution in [2.24, 2.45) is 5.92 Å². The van der Waals surface area contributed by atoms with E-state index in [-0.39, 0.29) is 11.8 Å². The van der Waals surface area contributed by atoms with Gasteiger partial charge in [0.25, 0.3) is 5.91 Å². The van der Waals surface area contributed by atoms with Crippen LogP contribution in [0.2, 0.25) is 10.0 Å². The molecule has 2 heterocycles. The molecular formula is C25H20Cl2N2O3. The Morgan fingerprint density at radius 2 is 1.62 bits per heavy atom. The maximum absolute atomic E-state index is 13.7. The molecule has 0 N–H and O–H groups in total. The number of carbonyl (C=O) groups excluding carboxylic acids is 2. The number of hydrogen-bond acceptors (Lipinski definition) is 4. The lowest BCUT2D eigenvalue weighted by molar-refractivity contribution is -0.126. The second-order valence-corrected chi connectivity index (χ2v) is 8.97. The number of para-hydroxylation sites is 1. The highest BCUT2D eigenvalue weighted by atomic mass is 35.5. The third kappa shape index (κ3) is 3.28. The van der Waals surface area contributed by atoms with E-state index < -0.39 is 18.1 Å². The van der Waals surface area contributed by atoms with Crippen LogP contribution in [0, 0.1) is 19.8 Å². The van der Waals surface area contributed by atoms with Crippen molar-refractivity contribution in [3.8, 4) is 0 Å². The van der Waals surface area contributed by atoms with E-state index in [9.17, 15) is 9.59 Å². The number of hydrogen-bond donors (Lipinski definition) is 0. The van der Waals surface area contributed by atoms with Gasteiger partial charge in [0, 0.05) is 10.0 Å². The summed E-state index contributed by atoms with van der Waals surface area (Å²) < 4.78 is 0. The number of amides is 2. The lowest BCUT2D eigenvalue weighted by Crippen LogP contribution is -2.37. The van der Waals surface area contributed by atoms with Gasteiger partial charge >= 0.3 is 0 Å². The molecule has 2 aliphatic heterocycles. The fourth-order valence-electron chi connectivity index (χ4n) is 4.56. The Balaban J connectivity index is 1.62. The molecule has 3 aromatic carbocycles. The second kappa shape index (κ2) is 7.93. The molecule has 0 aromatic heterocycles. The van der Waals surface area contributed by atoms with Gasteiger partial charge in [-0.1, -0.05) is 65.2 Å². The number of hydroxylamine groups is 1. The summed E-state index contributed by atoms with van der Waals surface area (Å²) in [6.45, 7) is 3.86. The van der Waals surface area contributed by atoms with Crippen LogP contribution in [0.15, 0.2) is 66.7 Å². The average Bonchev–Trinajstić information content (AvgIpc) is 3.26. The summed E-state index contributed by atoms with van der Waals surface area (Å²) in [6, 6.07) is 19.6. The number of nitrogens with zero attached hydrogens (tertiary/aromatic N) is 2. The van der Waals surface area contributed by atoms with Crippen molar-refractivity contribution >= 4 is 46.4 Å². The van der Waals surface area contributed by atoms with Gasteiger partial charge in [-0.15, -0.1) is 0 Å². The minimum Gasteiger partial charge on any atom is -0.273 e. The smallest absolute Gasteiger partial charge is 0.266 e. The maximum Gasteiger partial charge on any atom is 0.266 e. The zero-order valence-electron chi connectivity index (χ0n) is 17.5. The van der Waals surface area contributed by atoms with Crippen LogP contribution in [0.3, 0.4) is 0 Å². The van der Waals surface area contributed by atoms with Crippen LogP contribution in [0.5, 0.6) is 0 Å². The van der Waals surface area contributed by atoms with Gasteiger partial charge in [-0.25, -0.2) is 9.96 Å². The Bertz CT molecular complexity index is 1230. The lowest BCUT2D eigenvalue weighted by Gasteiger charge is -2.29. The largest absolute Gasteiger partial charge is 0.273 e. The van der Waals surface area contributed by atoms with Gasteiger partial charge in [-0.05, 0) is 55.3 Å². The molecule has 5 nitrogen and oxygen atoms in total. The highest BCUT2D eigenvalue weighted by molar-refractivity contribution is 6.35. The molecule has 0 spiro atoms. The Labute approximate surface area is 196 Å². The molecule has 2 fully saturated rings. The van der Waals surface area contributed by atoms with Crippen molar-refractivity contribution in [3.63, 3.8) is 0 Å². The first-order chi connectivity index (χ1) is 15.4. The molecule has 2 aliphatic rings. The lowest BCUT2D eigenvalue weighted by atomic mass is 9.90. The monoisotopic (exact) mass is 466 g/mol. The first-order valence-electron chi connectivity index (χ1n) is 10.3. The van der Waals surface area contributed by atoms with E-state index >= 15 is 0 Å². The summed E-state index contributed by atoms with van der Waals surface area (Å²) in [5.41, 5.74) is 3.90. The molecule has 0 radical (unpaired) electrons. The van der Waals surface area contributed by atoms with Crippen molar-refractivity contribution in [2.75, 3.05) is 9.96 Å². The standard InChI is InChI=1S/C25H20Cl2N2O3/c1-14-8-11-20(15(2)12-14)28-24(30)21-22(18-10-9-16(26)13-19(18)27)29(32-23(21)25(28)31)17-6-4-3-5-7-17/h3-13,21-23H,1-2H3/t21-,22+,23+/m1/s1. The van der Waals surface area contributed by atoms with E-state index in [4.69, 9.17) is 28.0 Å². The number of carbonyl (C=O) groups is 2. The third-order valence-corrected chi connectivity index (χ3v) is 6.56. The number of imide groups is 1. The van der Waals surface area contributed by atoms with Crippen LogP contribution < -0.4 is 9.96 Å². The van der Waals surface area contributed by atoms with Gasteiger partial charge in [-0.3, -0.25) is 14.4 Å². The molecule has 2 saturated heterocycles. The van der Waals surface area contributed by atoms with Crippen LogP contribution in [0.4, 0.5) is 11.4 Å². The first kappa shape index (κ1) is 21.0.